The molecule has 3 aromatic rings. The number of carbonyl (C=O) groups excluding carboxylic acids is 1. The third kappa shape index (κ3) is 3.83. The van der Waals surface area contributed by atoms with Crippen LogP contribution in [0.15, 0.2) is 67.0 Å². The molecule has 5 nitrogen and oxygen atoms in total. The summed E-state index contributed by atoms with van der Waals surface area (Å²) in [6.45, 7) is 1.87. The van der Waals surface area contributed by atoms with Gasteiger partial charge in [0.25, 0.3) is 0 Å². The van der Waals surface area contributed by atoms with Gasteiger partial charge in [-0.15, -0.1) is 0 Å². The van der Waals surface area contributed by atoms with Crippen LogP contribution in [0.2, 0.25) is 0 Å². The number of nitrogens with zero attached hydrogens (tertiary/aromatic N) is 2. The number of ether oxygens (including phenoxy) is 1. The normalized spacial score (nSPS) is 11.6. The van der Waals surface area contributed by atoms with Gasteiger partial charge in [0.05, 0.1) is 18.7 Å². The number of aromatic nitrogens is 2. The molecule has 0 fully saturated rings. The average molecular weight is 333 g/mol. The van der Waals surface area contributed by atoms with Crippen LogP contribution < -0.4 is 10.1 Å². The smallest absolute Gasteiger partial charge is 0.232 e. The van der Waals surface area contributed by atoms with E-state index in [1.165, 1.54) is 6.33 Å². The molecule has 0 aliphatic heterocycles. The number of amides is 1. The Morgan fingerprint density at radius 1 is 1.04 bits per heavy atom. The number of rotatable bonds is 5. The van der Waals surface area contributed by atoms with Gasteiger partial charge in [-0.1, -0.05) is 42.5 Å². The summed E-state index contributed by atoms with van der Waals surface area (Å²) in [4.78, 5) is 20.9. The van der Waals surface area contributed by atoms with Crippen molar-refractivity contribution in [1.82, 2.24) is 9.97 Å². The molecule has 1 atom stereocenters. The average Bonchev–Trinajstić information content (AvgIpc) is 2.68. The van der Waals surface area contributed by atoms with Crippen LogP contribution in [-0.4, -0.2) is 23.0 Å². The van der Waals surface area contributed by atoms with E-state index in [-0.39, 0.29) is 11.8 Å². The fourth-order valence-electron chi connectivity index (χ4n) is 2.56. The minimum absolute atomic E-state index is 0.115. The number of hydrogen-bond acceptors (Lipinski definition) is 4. The number of anilines is 1. The van der Waals surface area contributed by atoms with Gasteiger partial charge in [-0.3, -0.25) is 4.79 Å². The van der Waals surface area contributed by atoms with Crippen LogP contribution in [-0.2, 0) is 4.79 Å². The fourth-order valence-corrected chi connectivity index (χ4v) is 2.56. The van der Waals surface area contributed by atoms with Gasteiger partial charge in [0.1, 0.15) is 17.9 Å². The second kappa shape index (κ2) is 7.57. The van der Waals surface area contributed by atoms with Crippen LogP contribution in [0.25, 0.3) is 11.3 Å². The van der Waals surface area contributed by atoms with Gasteiger partial charge in [0.15, 0.2) is 0 Å². The molecule has 0 radical (unpaired) electrons. The van der Waals surface area contributed by atoms with Crippen LogP contribution in [0.3, 0.4) is 0 Å². The Morgan fingerprint density at radius 3 is 2.52 bits per heavy atom. The maximum Gasteiger partial charge on any atom is 0.232 e. The van der Waals surface area contributed by atoms with Gasteiger partial charge in [0.2, 0.25) is 5.91 Å². The molecule has 0 aliphatic carbocycles. The van der Waals surface area contributed by atoms with Gasteiger partial charge in [-0.2, -0.15) is 0 Å². The summed E-state index contributed by atoms with van der Waals surface area (Å²) in [6, 6.07) is 19.0. The fraction of sp³-hybridized carbons (Fsp3) is 0.150. The van der Waals surface area contributed by atoms with E-state index < -0.39 is 0 Å². The van der Waals surface area contributed by atoms with Gasteiger partial charge in [-0.25, -0.2) is 9.97 Å². The Morgan fingerprint density at radius 2 is 1.76 bits per heavy atom. The molecule has 5 heteroatoms. The second-order valence-corrected chi connectivity index (χ2v) is 5.61. The molecular formula is C20H19N3O2. The summed E-state index contributed by atoms with van der Waals surface area (Å²) in [6.07, 6.45) is 1.44. The quantitative estimate of drug-likeness (QED) is 0.769. The van der Waals surface area contributed by atoms with Crippen molar-refractivity contribution in [2.75, 3.05) is 12.4 Å². The van der Waals surface area contributed by atoms with Crippen LogP contribution >= 0.6 is 0 Å². The van der Waals surface area contributed by atoms with E-state index in [2.05, 4.69) is 15.3 Å². The van der Waals surface area contributed by atoms with E-state index >= 15 is 0 Å². The summed E-state index contributed by atoms with van der Waals surface area (Å²) < 4.78 is 5.37. The van der Waals surface area contributed by atoms with E-state index in [1.54, 1.807) is 13.2 Å². The molecule has 1 amide bonds. The van der Waals surface area contributed by atoms with Crippen LogP contribution in [0.1, 0.15) is 18.4 Å². The second-order valence-electron chi connectivity index (χ2n) is 5.61. The van der Waals surface area contributed by atoms with Crippen LogP contribution in [0.4, 0.5) is 5.82 Å². The van der Waals surface area contributed by atoms with Crippen LogP contribution in [0.5, 0.6) is 5.75 Å². The molecule has 0 spiro atoms. The lowest BCUT2D eigenvalue weighted by molar-refractivity contribution is -0.117. The molecule has 0 saturated heterocycles. The molecule has 0 aliphatic rings. The monoisotopic (exact) mass is 333 g/mol. The molecule has 1 aromatic heterocycles. The van der Waals surface area contributed by atoms with E-state index in [0.717, 1.165) is 16.9 Å². The predicted molar refractivity (Wildman–Crippen MR) is 97.5 cm³/mol. The minimum atomic E-state index is -0.272. The highest BCUT2D eigenvalue weighted by Crippen LogP contribution is 2.29. The molecule has 0 bridgehead atoms. The molecule has 1 unspecified atom stereocenters. The summed E-state index contributed by atoms with van der Waals surface area (Å²) >= 11 is 0. The number of nitrogens with one attached hydrogen (secondary N) is 1. The zero-order chi connectivity index (χ0) is 17.6. The maximum absolute atomic E-state index is 12.5. The van der Waals surface area contributed by atoms with Crippen molar-refractivity contribution in [3.05, 3.63) is 72.6 Å². The minimum Gasteiger partial charge on any atom is -0.496 e. The Labute approximate surface area is 146 Å². The molecule has 2 aromatic carbocycles. The molecule has 3 rings (SSSR count). The Balaban J connectivity index is 1.81. The molecule has 25 heavy (non-hydrogen) atoms. The van der Waals surface area contributed by atoms with Crippen molar-refractivity contribution >= 4 is 11.7 Å². The molecule has 0 saturated carbocycles. The van der Waals surface area contributed by atoms with Crippen molar-refractivity contribution in [3.63, 3.8) is 0 Å². The van der Waals surface area contributed by atoms with Gasteiger partial charge >= 0.3 is 0 Å². The third-order valence-corrected chi connectivity index (χ3v) is 3.99. The third-order valence-electron chi connectivity index (χ3n) is 3.99. The Kier molecular flexibility index (Phi) is 5.04. The summed E-state index contributed by atoms with van der Waals surface area (Å²) in [5.74, 6) is 0.793. The molecule has 1 heterocycles. The zero-order valence-corrected chi connectivity index (χ0v) is 14.1. The first-order valence-corrected chi connectivity index (χ1v) is 8.00. The standard InChI is InChI=1S/C20H19N3O2/c1-14(15-8-4-3-5-9-15)20(24)23-19-12-17(21-13-22-19)16-10-6-7-11-18(16)25-2/h3-14H,1-2H3,(H,21,22,23,24). The summed E-state index contributed by atoms with van der Waals surface area (Å²) in [7, 11) is 1.62. The SMILES string of the molecule is COc1ccccc1-c1cc(NC(=O)C(C)c2ccccc2)ncn1. The van der Waals surface area contributed by atoms with E-state index in [0.29, 0.717) is 11.5 Å². The van der Waals surface area contributed by atoms with Crippen LogP contribution in [0, 0.1) is 0 Å². The highest BCUT2D eigenvalue weighted by atomic mass is 16.5. The van der Waals surface area contributed by atoms with Crippen molar-refractivity contribution in [3.8, 4) is 17.0 Å². The van der Waals surface area contributed by atoms with E-state index in [1.807, 2.05) is 61.5 Å². The Bertz CT molecular complexity index is 866. The van der Waals surface area contributed by atoms with Crippen molar-refractivity contribution < 1.29 is 9.53 Å². The lowest BCUT2D eigenvalue weighted by Crippen LogP contribution is -2.19. The van der Waals surface area contributed by atoms with Crippen molar-refractivity contribution in [2.24, 2.45) is 0 Å². The first kappa shape index (κ1) is 16.6. The zero-order valence-electron chi connectivity index (χ0n) is 14.1. The first-order valence-electron chi connectivity index (χ1n) is 8.00. The number of carbonyl (C=O) groups is 1. The van der Waals surface area contributed by atoms with Gasteiger partial charge in [-0.05, 0) is 24.6 Å². The van der Waals surface area contributed by atoms with E-state index in [9.17, 15) is 4.79 Å². The Hall–Kier alpha value is -3.21. The summed E-state index contributed by atoms with van der Waals surface area (Å²) in [5.41, 5.74) is 2.49. The number of para-hydroxylation sites is 1. The number of methoxy groups -OCH3 is 1. The van der Waals surface area contributed by atoms with Gasteiger partial charge < -0.3 is 10.1 Å². The van der Waals surface area contributed by atoms with Gasteiger partial charge in [0, 0.05) is 11.6 Å². The number of hydrogen-bond donors (Lipinski definition) is 1. The molecule has 126 valence electrons. The van der Waals surface area contributed by atoms with Crippen molar-refractivity contribution in [2.45, 2.75) is 12.8 Å². The maximum atomic E-state index is 12.5. The van der Waals surface area contributed by atoms with Crippen molar-refractivity contribution in [1.29, 1.82) is 0 Å². The highest BCUT2D eigenvalue weighted by molar-refractivity contribution is 5.95. The lowest BCUT2D eigenvalue weighted by Gasteiger charge is -2.13. The predicted octanol–water partition coefficient (Wildman–Crippen LogP) is 3.89. The first-order chi connectivity index (χ1) is 12.2. The molecular weight excluding hydrogens is 314 g/mol. The molecule has 1 N–H and O–H groups in total. The highest BCUT2D eigenvalue weighted by Gasteiger charge is 2.16. The topological polar surface area (TPSA) is 64.1 Å². The van der Waals surface area contributed by atoms with E-state index in [4.69, 9.17) is 4.74 Å². The summed E-state index contributed by atoms with van der Waals surface area (Å²) in [5, 5.41) is 2.86. The lowest BCUT2D eigenvalue weighted by atomic mass is 10.0. The number of benzene rings is 2. The largest absolute Gasteiger partial charge is 0.496 e.